The molecule has 0 bridgehead atoms. The molecule has 3 aromatic rings. The average Bonchev–Trinajstić information content (AvgIpc) is 2.97. The van der Waals surface area contributed by atoms with Crippen molar-refractivity contribution in [3.05, 3.63) is 122 Å². The molecule has 0 amide bonds. The van der Waals surface area contributed by atoms with Crippen LogP contribution in [0.3, 0.4) is 0 Å². The maximum Gasteiger partial charge on any atom is 0.508 e. The van der Waals surface area contributed by atoms with Gasteiger partial charge in [-0.25, -0.2) is 18.0 Å². The van der Waals surface area contributed by atoms with Crippen LogP contribution < -0.4 is 0 Å². The first-order valence-electron chi connectivity index (χ1n) is 12.2. The lowest BCUT2D eigenvalue weighted by molar-refractivity contribution is -0.851. The Bertz CT molecular complexity index is 1560. The number of hydrogen-bond acceptors (Lipinski definition) is 13. The third-order valence-electron chi connectivity index (χ3n) is 5.49. The lowest BCUT2D eigenvalue weighted by Crippen LogP contribution is -2.30. The summed E-state index contributed by atoms with van der Waals surface area (Å²) in [5, 5.41) is 18.3. The predicted molar refractivity (Wildman–Crippen MR) is 146 cm³/mol. The van der Waals surface area contributed by atoms with E-state index in [2.05, 4.69) is 14.4 Å². The third kappa shape index (κ3) is 10.1. The number of esters is 1. The molecule has 43 heavy (non-hydrogen) atoms. The molecule has 0 saturated carbocycles. The Balaban J connectivity index is 1.96. The average molecular weight is 617 g/mol. The Morgan fingerprint density at radius 2 is 1.33 bits per heavy atom. The Hall–Kier alpha value is -5.51. The predicted octanol–water partition coefficient (Wildman–Crippen LogP) is 3.64. The SMILES string of the molecule is CS(=O)(=O)c1ccc(C(COC(=O)OCC(O[N+](=O)[O-])O[N+](=O)[O-])=C(C(=O)OCc2ccccc2)c2ccccc2)cc1. The molecule has 0 atom stereocenters. The Labute approximate surface area is 244 Å². The molecule has 0 spiro atoms. The third-order valence-corrected chi connectivity index (χ3v) is 6.62. The normalized spacial score (nSPS) is 11.6. The van der Waals surface area contributed by atoms with Crippen molar-refractivity contribution in [3.8, 4) is 0 Å². The van der Waals surface area contributed by atoms with Crippen LogP contribution >= 0.6 is 0 Å². The first kappa shape index (κ1) is 32.0. The van der Waals surface area contributed by atoms with Crippen LogP contribution in [0.15, 0.2) is 89.8 Å². The van der Waals surface area contributed by atoms with E-state index in [1.165, 1.54) is 24.3 Å². The number of benzene rings is 3. The summed E-state index contributed by atoms with van der Waals surface area (Å²) in [6.45, 7) is -1.82. The second kappa shape index (κ2) is 14.9. The Morgan fingerprint density at radius 3 is 1.86 bits per heavy atom. The van der Waals surface area contributed by atoms with Gasteiger partial charge in [-0.1, -0.05) is 72.8 Å². The lowest BCUT2D eigenvalue weighted by atomic mass is 9.95. The summed E-state index contributed by atoms with van der Waals surface area (Å²) < 4.78 is 39.4. The van der Waals surface area contributed by atoms with Crippen LogP contribution in [0.2, 0.25) is 0 Å². The summed E-state index contributed by atoms with van der Waals surface area (Å²) in [7, 11) is -3.56. The van der Waals surface area contributed by atoms with Crippen molar-refractivity contribution in [1.29, 1.82) is 0 Å². The molecule has 0 heterocycles. The van der Waals surface area contributed by atoms with Crippen molar-refractivity contribution in [2.45, 2.75) is 17.8 Å². The van der Waals surface area contributed by atoms with E-state index in [1.807, 2.05) is 0 Å². The smallest absolute Gasteiger partial charge is 0.457 e. The largest absolute Gasteiger partial charge is 0.508 e. The van der Waals surface area contributed by atoms with Crippen LogP contribution in [0, 0.1) is 20.2 Å². The van der Waals surface area contributed by atoms with Crippen molar-refractivity contribution < 1.29 is 52.1 Å². The van der Waals surface area contributed by atoms with Gasteiger partial charge in [0.1, 0.15) is 19.8 Å². The van der Waals surface area contributed by atoms with Crippen molar-refractivity contribution in [3.63, 3.8) is 0 Å². The van der Waals surface area contributed by atoms with E-state index in [0.29, 0.717) is 11.1 Å². The van der Waals surface area contributed by atoms with Gasteiger partial charge in [0.25, 0.3) is 16.5 Å². The zero-order valence-electron chi connectivity index (χ0n) is 22.4. The van der Waals surface area contributed by atoms with E-state index in [-0.39, 0.29) is 28.2 Å². The van der Waals surface area contributed by atoms with E-state index < -0.39 is 51.6 Å². The van der Waals surface area contributed by atoms with E-state index in [9.17, 15) is 38.2 Å². The van der Waals surface area contributed by atoms with Gasteiger partial charge in [-0.05, 0) is 28.8 Å². The number of carbonyl (C=O) groups is 2. The van der Waals surface area contributed by atoms with E-state index in [0.717, 1.165) is 6.26 Å². The number of ether oxygens (including phenoxy) is 3. The summed E-state index contributed by atoms with van der Waals surface area (Å²) in [5.74, 6) is -0.798. The molecule has 0 aromatic heterocycles. The molecule has 3 aromatic carbocycles. The molecule has 0 N–H and O–H groups in total. The van der Waals surface area contributed by atoms with Gasteiger partial charge in [0.2, 0.25) is 0 Å². The molecule has 0 fully saturated rings. The number of nitrogens with zero attached hydrogens (tertiary/aromatic N) is 2. The minimum absolute atomic E-state index is 0.00790. The summed E-state index contributed by atoms with van der Waals surface area (Å²) in [5.41, 5.74) is 1.41. The molecule has 226 valence electrons. The number of carbonyl (C=O) groups excluding carboxylic acids is 2. The zero-order chi connectivity index (χ0) is 31.4. The second-order valence-corrected chi connectivity index (χ2v) is 10.5. The highest BCUT2D eigenvalue weighted by Gasteiger charge is 2.24. The van der Waals surface area contributed by atoms with Crippen LogP contribution in [0.4, 0.5) is 4.79 Å². The van der Waals surface area contributed by atoms with Crippen molar-refractivity contribution in [2.24, 2.45) is 0 Å². The van der Waals surface area contributed by atoms with Gasteiger partial charge in [-0.2, -0.15) is 0 Å². The number of rotatable bonds is 14. The molecule has 3 rings (SSSR count). The van der Waals surface area contributed by atoms with Gasteiger partial charge in [-0.15, -0.1) is 20.2 Å². The maximum absolute atomic E-state index is 13.5. The molecule has 0 unspecified atom stereocenters. The summed E-state index contributed by atoms with van der Waals surface area (Å²) in [4.78, 5) is 54.8. The first-order valence-corrected chi connectivity index (χ1v) is 14.0. The number of sulfone groups is 1. The minimum Gasteiger partial charge on any atom is -0.457 e. The maximum atomic E-state index is 13.5. The molecule has 16 heteroatoms. The highest BCUT2D eigenvalue weighted by atomic mass is 32.2. The standard InChI is InChI=1S/C27H24N2O13S/c1-43(36,37)22-14-12-20(13-15-22)23(17-39-27(31)40-18-24(41-28(32)33)42-29(34)35)25(21-10-6-3-7-11-21)26(30)38-16-19-8-4-2-5-9-19/h2-15,24H,16-18H2,1H3. The topological polar surface area (TPSA) is 201 Å². The first-order chi connectivity index (χ1) is 20.4. The van der Waals surface area contributed by atoms with Gasteiger partial charge < -0.3 is 14.2 Å². The van der Waals surface area contributed by atoms with Gasteiger partial charge in [0, 0.05) is 11.8 Å². The van der Waals surface area contributed by atoms with Crippen molar-refractivity contribution >= 4 is 33.1 Å². The molecule has 0 radical (unpaired) electrons. The molecule has 0 aliphatic heterocycles. The fourth-order valence-corrected chi connectivity index (χ4v) is 4.23. The quantitative estimate of drug-likeness (QED) is 0.0635. The Kier molecular flexibility index (Phi) is 11.1. The minimum atomic E-state index is -3.56. The van der Waals surface area contributed by atoms with Crippen LogP contribution in [0.1, 0.15) is 16.7 Å². The molecule has 0 aliphatic rings. The van der Waals surface area contributed by atoms with Gasteiger partial charge in [-0.3, -0.25) is 9.68 Å². The van der Waals surface area contributed by atoms with Gasteiger partial charge in [0.15, 0.2) is 9.84 Å². The summed E-state index contributed by atoms with van der Waals surface area (Å²) >= 11 is 0. The summed E-state index contributed by atoms with van der Waals surface area (Å²) in [6, 6.07) is 22.5. The lowest BCUT2D eigenvalue weighted by Gasteiger charge is -2.17. The Morgan fingerprint density at radius 1 is 0.767 bits per heavy atom. The highest BCUT2D eigenvalue weighted by molar-refractivity contribution is 7.90. The molecular formula is C27H24N2O13S. The molecule has 15 nitrogen and oxygen atoms in total. The van der Waals surface area contributed by atoms with Crippen LogP contribution in [0.25, 0.3) is 11.1 Å². The fraction of sp³-hybridized carbons (Fsp3) is 0.185. The van der Waals surface area contributed by atoms with Gasteiger partial charge in [0.05, 0.1) is 10.5 Å². The fourth-order valence-electron chi connectivity index (χ4n) is 3.60. The molecular weight excluding hydrogens is 592 g/mol. The second-order valence-electron chi connectivity index (χ2n) is 8.52. The van der Waals surface area contributed by atoms with Crippen molar-refractivity contribution in [1.82, 2.24) is 0 Å². The van der Waals surface area contributed by atoms with Gasteiger partial charge >= 0.3 is 12.1 Å². The summed E-state index contributed by atoms with van der Waals surface area (Å²) in [6.07, 6.45) is -2.62. The van der Waals surface area contributed by atoms with E-state index >= 15 is 0 Å². The highest BCUT2D eigenvalue weighted by Crippen LogP contribution is 2.29. The number of hydrogen-bond donors (Lipinski definition) is 0. The monoisotopic (exact) mass is 616 g/mol. The molecule has 0 aliphatic carbocycles. The van der Waals surface area contributed by atoms with Crippen LogP contribution in [-0.4, -0.2) is 56.5 Å². The van der Waals surface area contributed by atoms with Crippen molar-refractivity contribution in [2.75, 3.05) is 19.5 Å². The van der Waals surface area contributed by atoms with Crippen LogP contribution in [-0.2, 0) is 45.1 Å². The van der Waals surface area contributed by atoms with Crippen LogP contribution in [0.5, 0.6) is 0 Å². The van der Waals surface area contributed by atoms with E-state index in [4.69, 9.17) is 9.47 Å². The molecule has 0 saturated heterocycles. The van der Waals surface area contributed by atoms with E-state index in [1.54, 1.807) is 60.7 Å². The zero-order valence-corrected chi connectivity index (χ0v) is 23.2.